The van der Waals surface area contributed by atoms with E-state index in [9.17, 15) is 13.2 Å². The zero-order valence-corrected chi connectivity index (χ0v) is 10.0. The zero-order valence-electron chi connectivity index (χ0n) is 10.0. The second-order valence-electron chi connectivity index (χ2n) is 4.08. The van der Waals surface area contributed by atoms with Gasteiger partial charge in [-0.3, -0.25) is 0 Å². The van der Waals surface area contributed by atoms with E-state index in [1.807, 2.05) is 4.90 Å². The highest BCUT2D eigenvalue weighted by Gasteiger charge is 2.31. The standard InChI is InChI=1S/C12H15F3N2O/c1-16-10-8-9(12(13,14)15)2-3-11(10)17-4-6-18-7-5-17/h2-3,8,16H,4-7H2,1H3. The normalized spacial score (nSPS) is 16.8. The summed E-state index contributed by atoms with van der Waals surface area (Å²) in [6.07, 6.45) is -4.31. The number of halogens is 3. The summed E-state index contributed by atoms with van der Waals surface area (Å²) in [5, 5.41) is 2.82. The largest absolute Gasteiger partial charge is 0.416 e. The molecule has 1 fully saturated rings. The number of rotatable bonds is 2. The highest BCUT2D eigenvalue weighted by Crippen LogP contribution is 2.35. The molecule has 1 aromatic carbocycles. The van der Waals surface area contributed by atoms with Gasteiger partial charge in [0.1, 0.15) is 0 Å². The van der Waals surface area contributed by atoms with Gasteiger partial charge in [0, 0.05) is 20.1 Å². The third-order valence-electron chi connectivity index (χ3n) is 2.94. The van der Waals surface area contributed by atoms with Gasteiger partial charge in [0.05, 0.1) is 30.2 Å². The van der Waals surface area contributed by atoms with Crippen LogP contribution in [0.15, 0.2) is 18.2 Å². The Hall–Kier alpha value is -1.43. The van der Waals surface area contributed by atoms with Gasteiger partial charge in [-0.05, 0) is 18.2 Å². The molecule has 3 nitrogen and oxygen atoms in total. The van der Waals surface area contributed by atoms with E-state index in [1.54, 1.807) is 7.05 Å². The van der Waals surface area contributed by atoms with Gasteiger partial charge >= 0.3 is 6.18 Å². The fourth-order valence-electron chi connectivity index (χ4n) is 1.99. The van der Waals surface area contributed by atoms with E-state index < -0.39 is 11.7 Å². The van der Waals surface area contributed by atoms with Crippen molar-refractivity contribution in [2.75, 3.05) is 43.6 Å². The van der Waals surface area contributed by atoms with E-state index in [-0.39, 0.29) is 0 Å². The average Bonchev–Trinajstić information content (AvgIpc) is 2.38. The summed E-state index contributed by atoms with van der Waals surface area (Å²) in [6.45, 7) is 2.59. The minimum atomic E-state index is -4.31. The summed E-state index contributed by atoms with van der Waals surface area (Å²) in [5.41, 5.74) is 0.643. The van der Waals surface area contributed by atoms with Crippen LogP contribution in [0.5, 0.6) is 0 Å². The van der Waals surface area contributed by atoms with Crippen LogP contribution in [0, 0.1) is 0 Å². The molecular formula is C12H15F3N2O. The van der Waals surface area contributed by atoms with E-state index >= 15 is 0 Å². The van der Waals surface area contributed by atoms with Gasteiger partial charge in [0.15, 0.2) is 0 Å². The van der Waals surface area contributed by atoms with Gasteiger partial charge in [0.2, 0.25) is 0 Å². The van der Waals surface area contributed by atoms with Crippen molar-refractivity contribution in [3.8, 4) is 0 Å². The van der Waals surface area contributed by atoms with E-state index in [0.29, 0.717) is 32.0 Å². The summed E-state index contributed by atoms with van der Waals surface area (Å²) < 4.78 is 43.1. The third-order valence-corrected chi connectivity index (χ3v) is 2.94. The van der Waals surface area contributed by atoms with Gasteiger partial charge in [0.25, 0.3) is 0 Å². The quantitative estimate of drug-likeness (QED) is 0.884. The molecular weight excluding hydrogens is 245 g/mol. The first-order valence-electron chi connectivity index (χ1n) is 5.74. The molecule has 1 aromatic rings. The van der Waals surface area contributed by atoms with Crippen LogP contribution in [-0.4, -0.2) is 33.4 Å². The lowest BCUT2D eigenvalue weighted by Crippen LogP contribution is -2.36. The molecule has 1 N–H and O–H groups in total. The lowest BCUT2D eigenvalue weighted by molar-refractivity contribution is -0.137. The zero-order chi connectivity index (χ0) is 13.2. The van der Waals surface area contributed by atoms with Crippen LogP contribution in [0.3, 0.4) is 0 Å². The first-order valence-corrected chi connectivity index (χ1v) is 5.74. The van der Waals surface area contributed by atoms with E-state index in [4.69, 9.17) is 4.74 Å². The maximum absolute atomic E-state index is 12.6. The SMILES string of the molecule is CNc1cc(C(F)(F)F)ccc1N1CCOCC1. The lowest BCUT2D eigenvalue weighted by atomic mass is 10.1. The van der Waals surface area contributed by atoms with Crippen LogP contribution in [0.4, 0.5) is 24.5 Å². The summed E-state index contributed by atoms with van der Waals surface area (Å²) in [7, 11) is 1.62. The number of anilines is 2. The molecule has 0 radical (unpaired) electrons. The van der Waals surface area contributed by atoms with Crippen LogP contribution in [0.2, 0.25) is 0 Å². The first kappa shape index (κ1) is 13.0. The molecule has 100 valence electrons. The number of hydrogen-bond donors (Lipinski definition) is 1. The highest BCUT2D eigenvalue weighted by atomic mass is 19.4. The molecule has 2 rings (SSSR count). The third kappa shape index (κ3) is 2.69. The fourth-order valence-corrected chi connectivity index (χ4v) is 1.99. The van der Waals surface area contributed by atoms with Gasteiger partial charge in [-0.15, -0.1) is 0 Å². The number of nitrogens with zero attached hydrogens (tertiary/aromatic N) is 1. The number of nitrogens with one attached hydrogen (secondary N) is 1. The van der Waals surface area contributed by atoms with Crippen LogP contribution < -0.4 is 10.2 Å². The Morgan fingerprint density at radius 3 is 2.44 bits per heavy atom. The molecule has 0 amide bonds. The Balaban J connectivity index is 2.30. The summed E-state index contributed by atoms with van der Waals surface area (Å²) >= 11 is 0. The van der Waals surface area contributed by atoms with E-state index in [2.05, 4.69) is 5.32 Å². The van der Waals surface area contributed by atoms with Gasteiger partial charge in [-0.1, -0.05) is 0 Å². The minimum absolute atomic E-state index is 0.492. The molecule has 1 aliphatic heterocycles. The second kappa shape index (κ2) is 5.06. The Morgan fingerprint density at radius 1 is 1.22 bits per heavy atom. The van der Waals surface area contributed by atoms with Gasteiger partial charge < -0.3 is 15.0 Å². The van der Waals surface area contributed by atoms with Crippen molar-refractivity contribution in [2.24, 2.45) is 0 Å². The van der Waals surface area contributed by atoms with E-state index in [0.717, 1.165) is 17.8 Å². The fraction of sp³-hybridized carbons (Fsp3) is 0.500. The topological polar surface area (TPSA) is 24.5 Å². The highest BCUT2D eigenvalue weighted by molar-refractivity contribution is 5.71. The smallest absolute Gasteiger partial charge is 0.386 e. The first-order chi connectivity index (χ1) is 8.52. The average molecular weight is 260 g/mol. The molecule has 0 atom stereocenters. The maximum atomic E-state index is 12.6. The molecule has 18 heavy (non-hydrogen) atoms. The molecule has 0 aliphatic carbocycles. The molecule has 0 unspecified atom stereocenters. The molecule has 6 heteroatoms. The summed E-state index contributed by atoms with van der Waals surface area (Å²) in [4.78, 5) is 2.02. The number of alkyl halides is 3. The van der Waals surface area contributed by atoms with Crippen molar-refractivity contribution in [3.63, 3.8) is 0 Å². The molecule has 1 saturated heterocycles. The van der Waals surface area contributed by atoms with Crippen LogP contribution in [-0.2, 0) is 10.9 Å². The Bertz CT molecular complexity index is 414. The lowest BCUT2D eigenvalue weighted by Gasteiger charge is -2.30. The maximum Gasteiger partial charge on any atom is 0.416 e. The Labute approximate surface area is 104 Å². The van der Waals surface area contributed by atoms with Crippen LogP contribution >= 0.6 is 0 Å². The molecule has 0 aromatic heterocycles. The van der Waals surface area contributed by atoms with Crippen molar-refractivity contribution in [2.45, 2.75) is 6.18 Å². The molecule has 0 spiro atoms. The van der Waals surface area contributed by atoms with Crippen LogP contribution in [0.1, 0.15) is 5.56 Å². The van der Waals surface area contributed by atoms with Crippen molar-refractivity contribution in [1.82, 2.24) is 0 Å². The van der Waals surface area contributed by atoms with Crippen molar-refractivity contribution in [1.29, 1.82) is 0 Å². The molecule has 1 heterocycles. The van der Waals surface area contributed by atoms with Crippen molar-refractivity contribution < 1.29 is 17.9 Å². The van der Waals surface area contributed by atoms with Gasteiger partial charge in [-0.25, -0.2) is 0 Å². The number of hydrogen-bond acceptors (Lipinski definition) is 3. The monoisotopic (exact) mass is 260 g/mol. The van der Waals surface area contributed by atoms with Crippen molar-refractivity contribution in [3.05, 3.63) is 23.8 Å². The number of ether oxygens (including phenoxy) is 1. The predicted octanol–water partition coefficient (Wildman–Crippen LogP) is 2.58. The van der Waals surface area contributed by atoms with E-state index in [1.165, 1.54) is 6.07 Å². The van der Waals surface area contributed by atoms with Gasteiger partial charge in [-0.2, -0.15) is 13.2 Å². The summed E-state index contributed by atoms with van der Waals surface area (Å²) in [6, 6.07) is 3.77. The molecule has 0 bridgehead atoms. The predicted molar refractivity (Wildman–Crippen MR) is 64.0 cm³/mol. The minimum Gasteiger partial charge on any atom is -0.386 e. The number of benzene rings is 1. The second-order valence-corrected chi connectivity index (χ2v) is 4.08. The Morgan fingerprint density at radius 2 is 1.89 bits per heavy atom. The van der Waals surface area contributed by atoms with Crippen LogP contribution in [0.25, 0.3) is 0 Å². The molecule has 1 aliphatic rings. The Kier molecular flexibility index (Phi) is 3.65. The summed E-state index contributed by atoms with van der Waals surface area (Å²) in [5.74, 6) is 0. The number of morpholine rings is 1. The van der Waals surface area contributed by atoms with Crippen molar-refractivity contribution >= 4 is 11.4 Å². The molecule has 0 saturated carbocycles.